The Labute approximate surface area is 106 Å². The predicted octanol–water partition coefficient (Wildman–Crippen LogP) is 3.76. The lowest BCUT2D eigenvalue weighted by Crippen LogP contribution is -2.36. The van der Waals surface area contributed by atoms with E-state index in [0.29, 0.717) is 0 Å². The standard InChI is InChI=1S/C14H24O2Si/c1-5-12-17(3,4)13-7-9-14(6-2)15-10-8-11-16-14/h5-7,9H,1-2,8,10-13H2,3-4H3/b9-7+. The van der Waals surface area contributed by atoms with Crippen molar-refractivity contribution in [1.82, 2.24) is 0 Å². The van der Waals surface area contributed by atoms with Crippen molar-refractivity contribution in [3.8, 4) is 0 Å². The highest BCUT2D eigenvalue weighted by Crippen LogP contribution is 2.23. The highest BCUT2D eigenvalue weighted by molar-refractivity contribution is 6.78. The molecule has 0 amide bonds. The summed E-state index contributed by atoms with van der Waals surface area (Å²) in [6.07, 6.45) is 8.92. The van der Waals surface area contributed by atoms with Crippen LogP contribution in [0.2, 0.25) is 25.2 Å². The van der Waals surface area contributed by atoms with Gasteiger partial charge in [-0.2, -0.15) is 0 Å². The summed E-state index contributed by atoms with van der Waals surface area (Å²) in [5, 5.41) is 0. The molecule has 2 nitrogen and oxygen atoms in total. The summed E-state index contributed by atoms with van der Waals surface area (Å²) in [5.74, 6) is -0.684. The van der Waals surface area contributed by atoms with Crippen LogP contribution in [-0.4, -0.2) is 27.1 Å². The van der Waals surface area contributed by atoms with Crippen molar-refractivity contribution in [3.05, 3.63) is 37.5 Å². The van der Waals surface area contributed by atoms with E-state index in [1.54, 1.807) is 6.08 Å². The second kappa shape index (κ2) is 6.33. The van der Waals surface area contributed by atoms with Gasteiger partial charge in [-0.05, 0) is 30.7 Å². The maximum atomic E-state index is 5.66. The van der Waals surface area contributed by atoms with Gasteiger partial charge in [0.15, 0.2) is 0 Å². The van der Waals surface area contributed by atoms with Gasteiger partial charge in [0.25, 0.3) is 0 Å². The quantitative estimate of drug-likeness (QED) is 0.529. The number of hydrogen-bond donors (Lipinski definition) is 0. The second-order valence-electron chi connectivity index (χ2n) is 5.24. The molecule has 0 bridgehead atoms. The Morgan fingerprint density at radius 2 is 1.82 bits per heavy atom. The largest absolute Gasteiger partial charge is 0.343 e. The molecule has 0 aromatic rings. The van der Waals surface area contributed by atoms with Crippen LogP contribution in [0.15, 0.2) is 37.5 Å². The van der Waals surface area contributed by atoms with Gasteiger partial charge >= 0.3 is 0 Å². The van der Waals surface area contributed by atoms with Crippen LogP contribution in [0.1, 0.15) is 6.42 Å². The molecule has 0 aromatic carbocycles. The van der Waals surface area contributed by atoms with Gasteiger partial charge < -0.3 is 9.47 Å². The molecule has 17 heavy (non-hydrogen) atoms. The number of rotatable bonds is 6. The summed E-state index contributed by atoms with van der Waals surface area (Å²) >= 11 is 0. The van der Waals surface area contributed by atoms with Crippen molar-refractivity contribution >= 4 is 8.07 Å². The summed E-state index contributed by atoms with van der Waals surface area (Å²) in [6, 6.07) is 2.25. The van der Waals surface area contributed by atoms with Crippen molar-refractivity contribution in [2.45, 2.75) is 37.4 Å². The SMILES string of the molecule is C=CC[Si](C)(C)C/C=C/C1(C=C)OCCCO1. The second-order valence-corrected chi connectivity index (χ2v) is 10.4. The van der Waals surface area contributed by atoms with E-state index in [1.165, 1.54) is 0 Å². The zero-order chi connectivity index (χ0) is 12.8. The zero-order valence-electron chi connectivity index (χ0n) is 11.1. The van der Waals surface area contributed by atoms with Crippen LogP contribution in [-0.2, 0) is 9.47 Å². The summed E-state index contributed by atoms with van der Waals surface area (Å²) in [7, 11) is -1.18. The van der Waals surface area contributed by atoms with E-state index in [4.69, 9.17) is 9.47 Å². The van der Waals surface area contributed by atoms with E-state index in [9.17, 15) is 0 Å². The molecular formula is C14H24O2Si. The fraction of sp³-hybridized carbons (Fsp3) is 0.571. The lowest BCUT2D eigenvalue weighted by atomic mass is 10.2. The molecule has 0 aliphatic carbocycles. The third-order valence-electron chi connectivity index (χ3n) is 2.95. The van der Waals surface area contributed by atoms with Crippen molar-refractivity contribution in [3.63, 3.8) is 0 Å². The highest BCUT2D eigenvalue weighted by atomic mass is 28.3. The Hall–Kier alpha value is -0.643. The first-order valence-electron chi connectivity index (χ1n) is 6.24. The van der Waals surface area contributed by atoms with E-state index in [-0.39, 0.29) is 0 Å². The smallest absolute Gasteiger partial charge is 0.207 e. The van der Waals surface area contributed by atoms with Crippen LogP contribution in [0.25, 0.3) is 0 Å². The molecular weight excluding hydrogens is 228 g/mol. The summed E-state index contributed by atoms with van der Waals surface area (Å²) in [6.45, 7) is 13.8. The van der Waals surface area contributed by atoms with Crippen molar-refractivity contribution in [1.29, 1.82) is 0 Å². The molecule has 0 radical (unpaired) electrons. The van der Waals surface area contributed by atoms with E-state index in [1.807, 2.05) is 12.2 Å². The van der Waals surface area contributed by atoms with E-state index in [2.05, 4.69) is 32.3 Å². The monoisotopic (exact) mass is 252 g/mol. The van der Waals surface area contributed by atoms with Crippen LogP contribution in [0.4, 0.5) is 0 Å². The van der Waals surface area contributed by atoms with Gasteiger partial charge in [0.2, 0.25) is 5.79 Å². The first-order valence-corrected chi connectivity index (χ1v) is 9.65. The summed E-state index contributed by atoms with van der Waals surface area (Å²) in [5.41, 5.74) is 0. The minimum atomic E-state index is -1.18. The van der Waals surface area contributed by atoms with Crippen molar-refractivity contribution in [2.75, 3.05) is 13.2 Å². The molecule has 3 heteroatoms. The average Bonchev–Trinajstić information content (AvgIpc) is 2.30. The molecule has 0 aromatic heterocycles. The van der Waals surface area contributed by atoms with Gasteiger partial charge in [-0.15, -0.1) is 6.58 Å². The fourth-order valence-corrected chi connectivity index (χ4v) is 3.57. The van der Waals surface area contributed by atoms with Crippen molar-refractivity contribution < 1.29 is 9.47 Å². The molecule has 0 atom stereocenters. The van der Waals surface area contributed by atoms with E-state index < -0.39 is 13.9 Å². The normalized spacial score (nSPS) is 20.4. The molecule has 0 N–H and O–H groups in total. The van der Waals surface area contributed by atoms with Crippen LogP contribution < -0.4 is 0 Å². The third-order valence-corrected chi connectivity index (χ3v) is 5.68. The Balaban J connectivity index is 2.55. The minimum absolute atomic E-state index is 0.684. The minimum Gasteiger partial charge on any atom is -0.343 e. The molecule has 0 saturated carbocycles. The van der Waals surface area contributed by atoms with E-state index in [0.717, 1.165) is 31.7 Å². The first-order chi connectivity index (χ1) is 8.04. The molecule has 1 aliphatic heterocycles. The van der Waals surface area contributed by atoms with Gasteiger partial charge in [0.05, 0.1) is 21.3 Å². The molecule has 1 rings (SSSR count). The maximum absolute atomic E-state index is 5.66. The molecule has 0 spiro atoms. The lowest BCUT2D eigenvalue weighted by molar-refractivity contribution is -0.205. The number of allylic oxidation sites excluding steroid dienone is 2. The Morgan fingerprint density at radius 3 is 2.35 bits per heavy atom. The van der Waals surface area contributed by atoms with Crippen molar-refractivity contribution in [2.24, 2.45) is 0 Å². The van der Waals surface area contributed by atoms with Gasteiger partial charge in [-0.1, -0.05) is 31.8 Å². The Morgan fingerprint density at radius 1 is 1.18 bits per heavy atom. The molecule has 0 unspecified atom stereocenters. The molecule has 1 fully saturated rings. The van der Waals surface area contributed by atoms with E-state index >= 15 is 0 Å². The fourth-order valence-electron chi connectivity index (χ4n) is 1.86. The van der Waals surface area contributed by atoms with Gasteiger partial charge in [0.1, 0.15) is 0 Å². The van der Waals surface area contributed by atoms with Crippen LogP contribution in [0.5, 0.6) is 0 Å². The topological polar surface area (TPSA) is 18.5 Å². The first kappa shape index (κ1) is 14.4. The number of hydrogen-bond acceptors (Lipinski definition) is 2. The third kappa shape index (κ3) is 4.62. The Bertz CT molecular complexity index is 289. The summed E-state index contributed by atoms with van der Waals surface area (Å²) in [4.78, 5) is 0. The molecule has 1 aliphatic rings. The molecule has 96 valence electrons. The van der Waals surface area contributed by atoms with Crippen LogP contribution >= 0.6 is 0 Å². The number of ether oxygens (including phenoxy) is 2. The predicted molar refractivity (Wildman–Crippen MR) is 75.9 cm³/mol. The van der Waals surface area contributed by atoms with Gasteiger partial charge in [0, 0.05) is 0 Å². The molecule has 1 saturated heterocycles. The molecule has 1 heterocycles. The van der Waals surface area contributed by atoms with Crippen LogP contribution in [0.3, 0.4) is 0 Å². The van der Waals surface area contributed by atoms with Gasteiger partial charge in [-0.25, -0.2) is 0 Å². The van der Waals surface area contributed by atoms with Crippen LogP contribution in [0, 0.1) is 0 Å². The average molecular weight is 252 g/mol. The lowest BCUT2D eigenvalue weighted by Gasteiger charge is -2.32. The summed E-state index contributed by atoms with van der Waals surface area (Å²) < 4.78 is 11.3. The van der Waals surface area contributed by atoms with Gasteiger partial charge in [-0.3, -0.25) is 0 Å². The highest BCUT2D eigenvalue weighted by Gasteiger charge is 2.28. The maximum Gasteiger partial charge on any atom is 0.207 e. The Kier molecular flexibility index (Phi) is 5.37. The zero-order valence-corrected chi connectivity index (χ0v) is 12.1.